The molecule has 1 amide bonds. The molecule has 0 saturated carbocycles. The number of guanidine groups is 1. The number of nitriles is 1. The molecule has 3 aromatic rings. The van der Waals surface area contributed by atoms with Gasteiger partial charge in [-0.15, -0.1) is 0 Å². The maximum Gasteiger partial charge on any atom is 0.228 e. The first kappa shape index (κ1) is 21.0. The number of hydrogen-bond donors (Lipinski definition) is 3. The number of allylic oxidation sites excluding steroid dienone is 2. The van der Waals surface area contributed by atoms with E-state index in [0.717, 1.165) is 22.4 Å². The first-order chi connectivity index (χ1) is 16.7. The number of hydrazine groups is 1. The first-order valence-electron chi connectivity index (χ1n) is 10.9. The highest BCUT2D eigenvalue weighted by atomic mass is 16.1. The van der Waals surface area contributed by atoms with E-state index in [1.165, 1.54) is 0 Å². The number of carbonyl (C=O) groups is 1. The standard InChI is InChI=1S/C27H22N6O/c28-17-21-8-4-5-9-24(21)30-27-31-25-15-12-22(18-33(25)32-27)20-10-13-23(14-11-20)29-26(34)16-19-6-2-1-3-7-19/h1-15,18,25H,16H2,(H,29,34)(H2,30,31,32). The van der Waals surface area contributed by atoms with E-state index in [4.69, 9.17) is 0 Å². The van der Waals surface area contributed by atoms with Crippen molar-refractivity contribution in [2.75, 3.05) is 10.6 Å². The third kappa shape index (κ3) is 4.66. The number of rotatable bonds is 5. The van der Waals surface area contributed by atoms with Gasteiger partial charge in [0.05, 0.1) is 17.7 Å². The van der Waals surface area contributed by atoms with Crippen LogP contribution >= 0.6 is 0 Å². The van der Waals surface area contributed by atoms with Gasteiger partial charge in [0.25, 0.3) is 0 Å². The molecule has 0 fully saturated rings. The summed E-state index contributed by atoms with van der Waals surface area (Å²) < 4.78 is 0. The Balaban J connectivity index is 1.21. The molecule has 0 aromatic heterocycles. The molecule has 7 nitrogen and oxygen atoms in total. The molecule has 3 aromatic carbocycles. The zero-order chi connectivity index (χ0) is 23.3. The Morgan fingerprint density at radius 1 is 1.03 bits per heavy atom. The summed E-state index contributed by atoms with van der Waals surface area (Å²) in [6.45, 7) is 0. The molecule has 5 rings (SSSR count). The van der Waals surface area contributed by atoms with Crippen molar-refractivity contribution >= 4 is 28.8 Å². The van der Waals surface area contributed by atoms with Crippen LogP contribution in [-0.2, 0) is 11.2 Å². The summed E-state index contributed by atoms with van der Waals surface area (Å²) in [6.07, 6.45) is 6.19. The van der Waals surface area contributed by atoms with Crippen LogP contribution in [-0.4, -0.2) is 23.0 Å². The van der Waals surface area contributed by atoms with Crippen LogP contribution in [0.4, 0.5) is 11.4 Å². The van der Waals surface area contributed by atoms with Crippen LogP contribution in [0.3, 0.4) is 0 Å². The van der Waals surface area contributed by atoms with Crippen molar-refractivity contribution in [2.45, 2.75) is 12.6 Å². The third-order valence-corrected chi connectivity index (χ3v) is 5.52. The Labute approximate surface area is 197 Å². The maximum atomic E-state index is 12.3. The largest absolute Gasteiger partial charge is 0.326 e. The van der Waals surface area contributed by atoms with E-state index in [1.54, 1.807) is 6.07 Å². The first-order valence-corrected chi connectivity index (χ1v) is 10.9. The molecule has 7 heteroatoms. The summed E-state index contributed by atoms with van der Waals surface area (Å²) in [5.74, 6) is 0.529. The highest BCUT2D eigenvalue weighted by Crippen LogP contribution is 2.26. The van der Waals surface area contributed by atoms with Gasteiger partial charge in [0.2, 0.25) is 11.9 Å². The van der Waals surface area contributed by atoms with Crippen molar-refractivity contribution in [3.05, 3.63) is 114 Å². The van der Waals surface area contributed by atoms with Gasteiger partial charge >= 0.3 is 0 Å². The Morgan fingerprint density at radius 2 is 1.79 bits per heavy atom. The van der Waals surface area contributed by atoms with Gasteiger partial charge in [-0.05, 0) is 47.0 Å². The second-order valence-electron chi connectivity index (χ2n) is 7.92. The predicted octanol–water partition coefficient (Wildman–Crippen LogP) is 4.26. The number of hydrogen-bond acceptors (Lipinski definition) is 6. The highest BCUT2D eigenvalue weighted by molar-refractivity contribution is 5.96. The molecule has 0 bridgehead atoms. The summed E-state index contributed by atoms with van der Waals surface area (Å²) in [5.41, 5.74) is 8.26. The molecular weight excluding hydrogens is 424 g/mol. The van der Waals surface area contributed by atoms with Gasteiger partial charge in [-0.1, -0.05) is 60.7 Å². The Morgan fingerprint density at radius 3 is 2.59 bits per heavy atom. The topological polar surface area (TPSA) is 92.5 Å². The van der Waals surface area contributed by atoms with Crippen molar-refractivity contribution in [3.63, 3.8) is 0 Å². The number of fused-ring (bicyclic) bond motifs is 1. The monoisotopic (exact) mass is 446 g/mol. The second-order valence-corrected chi connectivity index (χ2v) is 7.92. The second kappa shape index (κ2) is 9.35. The number of benzene rings is 3. The quantitative estimate of drug-likeness (QED) is 0.545. The summed E-state index contributed by atoms with van der Waals surface area (Å²) in [4.78, 5) is 16.9. The highest BCUT2D eigenvalue weighted by Gasteiger charge is 2.25. The van der Waals surface area contributed by atoms with Gasteiger partial charge in [0, 0.05) is 11.9 Å². The van der Waals surface area contributed by atoms with E-state index >= 15 is 0 Å². The lowest BCUT2D eigenvalue weighted by atomic mass is 10.0. The zero-order valence-electron chi connectivity index (χ0n) is 18.3. The zero-order valence-corrected chi connectivity index (χ0v) is 18.3. The molecule has 3 N–H and O–H groups in total. The predicted molar refractivity (Wildman–Crippen MR) is 133 cm³/mol. The molecule has 1 atom stereocenters. The molecule has 166 valence electrons. The molecule has 0 saturated heterocycles. The molecule has 34 heavy (non-hydrogen) atoms. The van der Waals surface area contributed by atoms with E-state index in [1.807, 2.05) is 96.2 Å². The normalized spacial score (nSPS) is 16.0. The number of nitrogens with one attached hydrogen (secondary N) is 3. The van der Waals surface area contributed by atoms with Crippen LogP contribution in [0, 0.1) is 11.3 Å². The average molecular weight is 447 g/mol. The van der Waals surface area contributed by atoms with E-state index < -0.39 is 0 Å². The van der Waals surface area contributed by atoms with Crippen molar-refractivity contribution in [1.29, 1.82) is 5.26 Å². The fraction of sp³-hybridized carbons (Fsp3) is 0.0741. The van der Waals surface area contributed by atoms with E-state index in [2.05, 4.69) is 27.1 Å². The number of aliphatic imine (C=N–C) groups is 1. The summed E-state index contributed by atoms with van der Waals surface area (Å²) in [7, 11) is 0. The number of anilines is 2. The van der Waals surface area contributed by atoms with Gasteiger partial charge in [0.1, 0.15) is 6.07 Å². The molecule has 0 spiro atoms. The Kier molecular flexibility index (Phi) is 5.78. The number of carbonyl (C=O) groups excluding carboxylic acids is 1. The van der Waals surface area contributed by atoms with Crippen molar-refractivity contribution in [1.82, 2.24) is 10.4 Å². The van der Waals surface area contributed by atoms with Gasteiger partial charge in [0.15, 0.2) is 6.17 Å². The van der Waals surface area contributed by atoms with Crippen LogP contribution in [0.1, 0.15) is 16.7 Å². The molecule has 1 unspecified atom stereocenters. The lowest BCUT2D eigenvalue weighted by molar-refractivity contribution is -0.115. The lowest BCUT2D eigenvalue weighted by Crippen LogP contribution is -2.39. The van der Waals surface area contributed by atoms with Crippen LogP contribution in [0.5, 0.6) is 0 Å². The van der Waals surface area contributed by atoms with Gasteiger partial charge < -0.3 is 10.6 Å². The summed E-state index contributed by atoms with van der Waals surface area (Å²) >= 11 is 0. The summed E-state index contributed by atoms with van der Waals surface area (Å²) in [5, 5.41) is 17.3. The van der Waals surface area contributed by atoms with Crippen molar-refractivity contribution < 1.29 is 4.79 Å². The van der Waals surface area contributed by atoms with Crippen LogP contribution < -0.4 is 16.1 Å². The minimum Gasteiger partial charge on any atom is -0.326 e. The molecule has 2 aliphatic heterocycles. The maximum absolute atomic E-state index is 12.3. The molecule has 2 aliphatic rings. The van der Waals surface area contributed by atoms with Crippen LogP contribution in [0.15, 0.2) is 102 Å². The lowest BCUT2D eigenvalue weighted by Gasteiger charge is -2.23. The average Bonchev–Trinajstić information content (AvgIpc) is 3.27. The van der Waals surface area contributed by atoms with Gasteiger partial charge in [-0.25, -0.2) is 4.99 Å². The number of amides is 1. The third-order valence-electron chi connectivity index (χ3n) is 5.52. The van der Waals surface area contributed by atoms with E-state index in [0.29, 0.717) is 23.6 Å². The minimum atomic E-state index is -0.169. The Hall–Kier alpha value is -4.83. The minimum absolute atomic E-state index is 0.0463. The number of para-hydroxylation sites is 1. The van der Waals surface area contributed by atoms with Crippen molar-refractivity contribution in [3.8, 4) is 6.07 Å². The Bertz CT molecular complexity index is 1340. The smallest absolute Gasteiger partial charge is 0.228 e. The SMILES string of the molecule is N#Cc1ccccc1NC1=NC2C=CC(c3ccc(NC(=O)Cc4ccccc4)cc3)=CN2N1. The van der Waals surface area contributed by atoms with E-state index in [-0.39, 0.29) is 12.1 Å². The fourth-order valence-electron chi connectivity index (χ4n) is 3.82. The number of nitrogens with zero attached hydrogens (tertiary/aromatic N) is 3. The molecular formula is C27H22N6O. The molecule has 0 aliphatic carbocycles. The van der Waals surface area contributed by atoms with E-state index in [9.17, 15) is 10.1 Å². The van der Waals surface area contributed by atoms with Crippen LogP contribution in [0.25, 0.3) is 5.57 Å². The fourth-order valence-corrected chi connectivity index (χ4v) is 3.82. The molecule has 0 radical (unpaired) electrons. The molecule has 2 heterocycles. The van der Waals surface area contributed by atoms with Crippen LogP contribution in [0.2, 0.25) is 0 Å². The van der Waals surface area contributed by atoms with Gasteiger partial charge in [-0.2, -0.15) is 5.26 Å². The summed E-state index contributed by atoms with van der Waals surface area (Å²) in [6, 6.07) is 26.9. The van der Waals surface area contributed by atoms with Gasteiger partial charge in [-0.3, -0.25) is 15.2 Å². The van der Waals surface area contributed by atoms with Crippen molar-refractivity contribution in [2.24, 2.45) is 4.99 Å².